The molecule has 0 aromatic rings. The number of carbonyl (C=O) groups is 4. The Kier molecular flexibility index (Phi) is 6.94. The number of carboxylic acid groups (broad SMARTS) is 1. The fourth-order valence-corrected chi connectivity index (χ4v) is 9.13. The summed E-state index contributed by atoms with van der Waals surface area (Å²) in [6.07, 6.45) is -1.84. The van der Waals surface area contributed by atoms with Crippen LogP contribution in [-0.4, -0.2) is 62.1 Å². The van der Waals surface area contributed by atoms with E-state index >= 15 is 0 Å². The van der Waals surface area contributed by atoms with Crippen molar-refractivity contribution in [2.45, 2.75) is 105 Å². The van der Waals surface area contributed by atoms with Gasteiger partial charge in [0.25, 0.3) is 0 Å². The second-order valence-electron chi connectivity index (χ2n) is 14.0. The zero-order valence-electron chi connectivity index (χ0n) is 23.7. The number of carboxylic acids is 1. The normalized spacial score (nSPS) is 43.7. The Balaban J connectivity index is 1.79. The highest BCUT2D eigenvalue weighted by Crippen LogP contribution is 2.70. The molecule has 0 unspecified atom stereocenters. The van der Waals surface area contributed by atoms with E-state index in [1.54, 1.807) is 13.8 Å². The van der Waals surface area contributed by atoms with Gasteiger partial charge in [-0.3, -0.25) is 19.2 Å². The molecule has 0 radical (unpaired) electrons. The Bertz CT molecular complexity index is 1110. The first-order chi connectivity index (χ1) is 17.4. The quantitative estimate of drug-likeness (QED) is 0.408. The topological polar surface area (TPSA) is 149 Å². The number of aliphatic hydroxyl groups excluding tert-OH is 3. The van der Waals surface area contributed by atoms with Crippen molar-refractivity contribution >= 4 is 23.3 Å². The lowest BCUT2D eigenvalue weighted by molar-refractivity contribution is -0.159. The largest absolute Gasteiger partial charge is 0.481 e. The van der Waals surface area contributed by atoms with E-state index in [-0.39, 0.29) is 42.7 Å². The summed E-state index contributed by atoms with van der Waals surface area (Å²) in [5, 5.41) is 43.3. The first-order valence-corrected chi connectivity index (χ1v) is 14.0. The molecule has 0 aromatic carbocycles. The summed E-state index contributed by atoms with van der Waals surface area (Å²) in [7, 11) is 0. The van der Waals surface area contributed by atoms with E-state index < -0.39 is 63.6 Å². The van der Waals surface area contributed by atoms with Crippen molar-refractivity contribution in [1.29, 1.82) is 0 Å². The molecule has 0 aliphatic heterocycles. The van der Waals surface area contributed by atoms with Gasteiger partial charge in [0.05, 0.1) is 23.5 Å². The standard InChI is InChI=1S/C30H44O8/c1-14(10-16(31)11-15(2)26(37)38)17-12-21(34)30(7)22-18(32)13-19-27(3,4)20(33)8-9-28(19,5)23(22)24(35)25(36)29(17,30)6/h14-15,17-20,25,32-33,36H,8-13H2,1-7H3,(H,37,38)/t14-,15-,17+,18+,19+,20+,25-,28-,29-,30+/m1/s1. The van der Waals surface area contributed by atoms with Gasteiger partial charge in [0.2, 0.25) is 0 Å². The highest BCUT2D eigenvalue weighted by atomic mass is 16.4. The number of hydrogen-bond donors (Lipinski definition) is 4. The van der Waals surface area contributed by atoms with E-state index in [1.165, 1.54) is 6.92 Å². The second-order valence-corrected chi connectivity index (χ2v) is 14.0. The predicted molar refractivity (Wildman–Crippen MR) is 139 cm³/mol. The van der Waals surface area contributed by atoms with Gasteiger partial charge in [0.15, 0.2) is 5.78 Å². The van der Waals surface area contributed by atoms with E-state index in [1.807, 2.05) is 27.7 Å². The number of aliphatic carboxylic acids is 1. The molecule has 4 rings (SSSR count). The summed E-state index contributed by atoms with van der Waals surface area (Å²) >= 11 is 0. The van der Waals surface area contributed by atoms with Crippen molar-refractivity contribution in [2.24, 2.45) is 45.3 Å². The van der Waals surface area contributed by atoms with Crippen molar-refractivity contribution in [1.82, 2.24) is 0 Å². The Labute approximate surface area is 224 Å². The molecule has 4 aliphatic carbocycles. The molecule has 8 nitrogen and oxygen atoms in total. The maximum absolute atomic E-state index is 14.1. The number of rotatable bonds is 6. The SMILES string of the molecule is C[C@H](CC(=O)C[C@@H](C)[C@@H]1CC(=O)[C@@]2(C)C3=C(C(=O)[C@@H](O)[C@@]12C)[C@]1(C)CC[C@H](O)C(C)(C)[C@@H]1C[C@@H]3O)C(=O)O. The van der Waals surface area contributed by atoms with Crippen LogP contribution in [0.1, 0.15) is 87.0 Å². The molecule has 4 aliphatic rings. The van der Waals surface area contributed by atoms with Crippen LogP contribution in [0, 0.1) is 45.3 Å². The number of carbonyl (C=O) groups excluding carboxylic acids is 3. The minimum absolute atomic E-state index is 0.0441. The molecule has 0 saturated heterocycles. The Morgan fingerprint density at radius 3 is 2.18 bits per heavy atom. The smallest absolute Gasteiger partial charge is 0.306 e. The van der Waals surface area contributed by atoms with Gasteiger partial charge in [-0.05, 0) is 60.3 Å². The fraction of sp³-hybridized carbons (Fsp3) is 0.800. The second kappa shape index (κ2) is 9.07. The van der Waals surface area contributed by atoms with E-state index in [2.05, 4.69) is 0 Å². The zero-order valence-corrected chi connectivity index (χ0v) is 23.7. The molecular formula is C30H44O8. The van der Waals surface area contributed by atoms with Crippen LogP contribution in [-0.2, 0) is 19.2 Å². The molecular weight excluding hydrogens is 488 g/mol. The van der Waals surface area contributed by atoms with Crippen molar-refractivity contribution in [3.05, 3.63) is 11.1 Å². The van der Waals surface area contributed by atoms with Crippen LogP contribution in [0.4, 0.5) is 0 Å². The summed E-state index contributed by atoms with van der Waals surface area (Å²) in [6, 6.07) is 0. The molecule has 10 atom stereocenters. The highest BCUT2D eigenvalue weighted by Gasteiger charge is 2.73. The van der Waals surface area contributed by atoms with Crippen LogP contribution >= 0.6 is 0 Å². The Morgan fingerprint density at radius 2 is 1.61 bits per heavy atom. The van der Waals surface area contributed by atoms with Gasteiger partial charge in [0, 0.05) is 30.3 Å². The predicted octanol–water partition coefficient (Wildman–Crippen LogP) is 3.10. The van der Waals surface area contributed by atoms with Crippen LogP contribution in [0.3, 0.4) is 0 Å². The molecule has 0 aromatic heterocycles. The summed E-state index contributed by atoms with van der Waals surface area (Å²) < 4.78 is 0. The molecule has 2 saturated carbocycles. The number of ketones is 3. The molecule has 0 spiro atoms. The minimum Gasteiger partial charge on any atom is -0.481 e. The summed E-state index contributed by atoms with van der Waals surface area (Å²) in [5.41, 5.74) is -3.00. The molecule has 2 fully saturated rings. The van der Waals surface area contributed by atoms with E-state index in [0.717, 1.165) is 0 Å². The fourth-order valence-electron chi connectivity index (χ4n) is 9.13. The van der Waals surface area contributed by atoms with E-state index in [0.29, 0.717) is 30.4 Å². The van der Waals surface area contributed by atoms with Crippen LogP contribution < -0.4 is 0 Å². The number of aliphatic hydroxyl groups is 3. The number of Topliss-reactive ketones (excluding diaryl/α,β-unsaturated/α-hetero) is 3. The molecule has 4 N–H and O–H groups in total. The Hall–Kier alpha value is -1.90. The van der Waals surface area contributed by atoms with Crippen LogP contribution in [0.2, 0.25) is 0 Å². The van der Waals surface area contributed by atoms with E-state index in [9.17, 15) is 39.6 Å². The highest BCUT2D eigenvalue weighted by molar-refractivity contribution is 6.07. The summed E-state index contributed by atoms with van der Waals surface area (Å²) in [5.74, 6) is -3.81. The van der Waals surface area contributed by atoms with Gasteiger partial charge in [-0.15, -0.1) is 0 Å². The van der Waals surface area contributed by atoms with Crippen molar-refractivity contribution in [3.63, 3.8) is 0 Å². The van der Waals surface area contributed by atoms with Crippen molar-refractivity contribution < 1.29 is 39.6 Å². The molecule has 0 amide bonds. The van der Waals surface area contributed by atoms with Crippen molar-refractivity contribution in [2.75, 3.05) is 0 Å². The first kappa shape index (κ1) is 29.1. The lowest BCUT2D eigenvalue weighted by Gasteiger charge is -2.62. The lowest BCUT2D eigenvalue weighted by atomic mass is 9.42. The number of hydrogen-bond acceptors (Lipinski definition) is 7. The lowest BCUT2D eigenvalue weighted by Crippen LogP contribution is -2.64. The molecule has 38 heavy (non-hydrogen) atoms. The third-order valence-corrected chi connectivity index (χ3v) is 11.7. The maximum atomic E-state index is 14.1. The van der Waals surface area contributed by atoms with Crippen LogP contribution in [0.5, 0.6) is 0 Å². The average Bonchev–Trinajstić information content (AvgIpc) is 3.03. The van der Waals surface area contributed by atoms with Crippen LogP contribution in [0.15, 0.2) is 11.1 Å². The third-order valence-electron chi connectivity index (χ3n) is 11.7. The maximum Gasteiger partial charge on any atom is 0.306 e. The van der Waals surface area contributed by atoms with Crippen LogP contribution in [0.25, 0.3) is 0 Å². The monoisotopic (exact) mass is 532 g/mol. The minimum atomic E-state index is -1.49. The first-order valence-electron chi connectivity index (χ1n) is 14.0. The zero-order chi connectivity index (χ0) is 28.7. The van der Waals surface area contributed by atoms with Gasteiger partial charge < -0.3 is 20.4 Å². The van der Waals surface area contributed by atoms with Gasteiger partial charge >= 0.3 is 5.97 Å². The molecule has 0 bridgehead atoms. The van der Waals surface area contributed by atoms with Gasteiger partial charge in [-0.25, -0.2) is 0 Å². The third kappa shape index (κ3) is 3.66. The average molecular weight is 533 g/mol. The Morgan fingerprint density at radius 1 is 1.00 bits per heavy atom. The molecule has 212 valence electrons. The molecule has 0 heterocycles. The molecule has 8 heteroatoms. The van der Waals surface area contributed by atoms with Gasteiger partial charge in [-0.2, -0.15) is 0 Å². The van der Waals surface area contributed by atoms with Gasteiger partial charge in [0.1, 0.15) is 17.7 Å². The summed E-state index contributed by atoms with van der Waals surface area (Å²) in [4.78, 5) is 52.0. The number of fused-ring (bicyclic) bond motifs is 4. The van der Waals surface area contributed by atoms with Crippen molar-refractivity contribution in [3.8, 4) is 0 Å². The van der Waals surface area contributed by atoms with E-state index in [4.69, 9.17) is 0 Å². The van der Waals surface area contributed by atoms with Gasteiger partial charge in [-0.1, -0.05) is 41.5 Å². The summed E-state index contributed by atoms with van der Waals surface area (Å²) in [6.45, 7) is 12.7.